The number of rotatable bonds is 5. The Bertz CT molecular complexity index is 354. The first-order valence-corrected chi connectivity index (χ1v) is 6.98. The highest BCUT2D eigenvalue weighted by atomic mass is 79.9. The Balaban J connectivity index is 2.65. The molecule has 0 aromatic carbocycles. The van der Waals surface area contributed by atoms with E-state index in [1.807, 2.05) is 26.0 Å². The molecule has 1 amide bonds. The average Bonchev–Trinajstić information content (AvgIpc) is 2.69. The molecule has 1 aromatic rings. The standard InChI is InChI=1S/C11H17BrN2OS/c1-3-9(13)11(15)14(4-2)7-8-5-6-10(12)16-8/h5-6,9H,3-4,7,13H2,1-2H3. The lowest BCUT2D eigenvalue weighted by Gasteiger charge is -2.23. The van der Waals surface area contributed by atoms with Crippen molar-refractivity contribution >= 4 is 33.2 Å². The summed E-state index contributed by atoms with van der Waals surface area (Å²) in [6.07, 6.45) is 0.684. The molecule has 1 atom stereocenters. The lowest BCUT2D eigenvalue weighted by Crippen LogP contribution is -2.42. The van der Waals surface area contributed by atoms with Crippen molar-refractivity contribution < 1.29 is 4.79 Å². The van der Waals surface area contributed by atoms with Crippen LogP contribution in [-0.2, 0) is 11.3 Å². The summed E-state index contributed by atoms with van der Waals surface area (Å²) >= 11 is 5.06. The molecule has 90 valence electrons. The molecule has 3 nitrogen and oxygen atoms in total. The Kier molecular flexibility index (Phi) is 5.44. The molecule has 0 saturated carbocycles. The third kappa shape index (κ3) is 3.57. The molecule has 16 heavy (non-hydrogen) atoms. The van der Waals surface area contributed by atoms with Crippen molar-refractivity contribution in [1.29, 1.82) is 0 Å². The molecule has 1 rings (SSSR count). The Morgan fingerprint density at radius 3 is 2.69 bits per heavy atom. The van der Waals surface area contributed by atoms with Gasteiger partial charge in [-0.15, -0.1) is 11.3 Å². The summed E-state index contributed by atoms with van der Waals surface area (Å²) in [7, 11) is 0. The first-order valence-electron chi connectivity index (χ1n) is 5.37. The molecule has 0 bridgehead atoms. The third-order valence-electron chi connectivity index (χ3n) is 2.43. The topological polar surface area (TPSA) is 46.3 Å². The summed E-state index contributed by atoms with van der Waals surface area (Å²) in [5.41, 5.74) is 5.75. The van der Waals surface area contributed by atoms with Crippen LogP contribution >= 0.6 is 27.3 Å². The van der Waals surface area contributed by atoms with E-state index in [1.54, 1.807) is 16.2 Å². The fourth-order valence-corrected chi connectivity index (χ4v) is 2.88. The molecule has 0 aliphatic heterocycles. The molecule has 1 aromatic heterocycles. The number of nitrogens with zero attached hydrogens (tertiary/aromatic N) is 1. The minimum Gasteiger partial charge on any atom is -0.336 e. The van der Waals surface area contributed by atoms with Crippen LogP contribution in [0.5, 0.6) is 0 Å². The van der Waals surface area contributed by atoms with Crippen molar-refractivity contribution in [3.63, 3.8) is 0 Å². The van der Waals surface area contributed by atoms with Crippen LogP contribution in [0, 0.1) is 0 Å². The molecule has 0 aliphatic rings. The number of thiophene rings is 1. The minimum atomic E-state index is -0.372. The molecular formula is C11H17BrN2OS. The molecule has 1 unspecified atom stereocenters. The van der Waals surface area contributed by atoms with Gasteiger partial charge in [0.15, 0.2) is 0 Å². The zero-order valence-electron chi connectivity index (χ0n) is 9.57. The number of amides is 1. The maximum atomic E-state index is 11.9. The zero-order chi connectivity index (χ0) is 12.1. The highest BCUT2D eigenvalue weighted by molar-refractivity contribution is 9.11. The summed E-state index contributed by atoms with van der Waals surface area (Å²) in [5, 5.41) is 0. The van der Waals surface area contributed by atoms with Gasteiger partial charge >= 0.3 is 0 Å². The number of carbonyl (C=O) groups excluding carboxylic acids is 1. The number of hydrogen-bond acceptors (Lipinski definition) is 3. The maximum absolute atomic E-state index is 11.9. The Labute approximate surface area is 109 Å². The first-order chi connectivity index (χ1) is 7.58. The van der Waals surface area contributed by atoms with E-state index in [9.17, 15) is 4.79 Å². The predicted molar refractivity (Wildman–Crippen MR) is 71.4 cm³/mol. The molecule has 1 heterocycles. The van der Waals surface area contributed by atoms with E-state index in [0.717, 1.165) is 3.79 Å². The van der Waals surface area contributed by atoms with Crippen LogP contribution in [0.25, 0.3) is 0 Å². The van der Waals surface area contributed by atoms with Gasteiger partial charge in [-0.05, 0) is 41.4 Å². The summed E-state index contributed by atoms with van der Waals surface area (Å²) < 4.78 is 1.09. The van der Waals surface area contributed by atoms with E-state index in [0.29, 0.717) is 19.5 Å². The lowest BCUT2D eigenvalue weighted by molar-refractivity contribution is -0.133. The van der Waals surface area contributed by atoms with Gasteiger partial charge in [0, 0.05) is 11.4 Å². The SMILES string of the molecule is CCC(N)C(=O)N(CC)Cc1ccc(Br)s1. The second kappa shape index (κ2) is 6.37. The quantitative estimate of drug-likeness (QED) is 0.909. The van der Waals surface area contributed by atoms with Crippen LogP contribution in [0.15, 0.2) is 15.9 Å². The fraction of sp³-hybridized carbons (Fsp3) is 0.545. The number of nitrogens with two attached hydrogens (primary N) is 1. The number of carbonyl (C=O) groups is 1. The van der Waals surface area contributed by atoms with Gasteiger partial charge in [0.2, 0.25) is 5.91 Å². The van der Waals surface area contributed by atoms with E-state index in [1.165, 1.54) is 4.88 Å². The zero-order valence-corrected chi connectivity index (χ0v) is 12.0. The molecule has 0 radical (unpaired) electrons. The number of likely N-dealkylation sites (N-methyl/N-ethyl adjacent to an activating group) is 1. The molecule has 0 aliphatic carbocycles. The molecule has 0 saturated heterocycles. The Hall–Kier alpha value is -0.390. The minimum absolute atomic E-state index is 0.0366. The van der Waals surface area contributed by atoms with Crippen molar-refractivity contribution in [2.75, 3.05) is 6.54 Å². The monoisotopic (exact) mass is 304 g/mol. The van der Waals surface area contributed by atoms with Crippen LogP contribution in [0.2, 0.25) is 0 Å². The van der Waals surface area contributed by atoms with E-state index >= 15 is 0 Å². The predicted octanol–water partition coefficient (Wildman–Crippen LogP) is 2.60. The van der Waals surface area contributed by atoms with Crippen molar-refractivity contribution in [3.05, 3.63) is 20.8 Å². The highest BCUT2D eigenvalue weighted by Gasteiger charge is 2.18. The van der Waals surface area contributed by atoms with Gasteiger partial charge in [0.25, 0.3) is 0 Å². The van der Waals surface area contributed by atoms with E-state index in [4.69, 9.17) is 5.73 Å². The van der Waals surface area contributed by atoms with Gasteiger partial charge in [-0.25, -0.2) is 0 Å². The lowest BCUT2D eigenvalue weighted by atomic mass is 10.2. The summed E-state index contributed by atoms with van der Waals surface area (Å²) in [5.74, 6) is 0.0366. The summed E-state index contributed by atoms with van der Waals surface area (Å²) in [6, 6.07) is 3.66. The third-order valence-corrected chi connectivity index (χ3v) is 4.03. The second-order valence-corrected chi connectivity index (χ2v) is 6.12. The van der Waals surface area contributed by atoms with Crippen LogP contribution in [-0.4, -0.2) is 23.4 Å². The van der Waals surface area contributed by atoms with Crippen molar-refractivity contribution in [3.8, 4) is 0 Å². The van der Waals surface area contributed by atoms with Crippen LogP contribution < -0.4 is 5.73 Å². The van der Waals surface area contributed by atoms with Gasteiger partial charge in [0.1, 0.15) is 0 Å². The number of halogens is 1. The maximum Gasteiger partial charge on any atom is 0.239 e. The van der Waals surface area contributed by atoms with Gasteiger partial charge in [-0.2, -0.15) is 0 Å². The second-order valence-electron chi connectivity index (χ2n) is 3.57. The fourth-order valence-electron chi connectivity index (χ4n) is 1.38. The van der Waals surface area contributed by atoms with Gasteiger partial charge < -0.3 is 10.6 Å². The smallest absolute Gasteiger partial charge is 0.239 e. The highest BCUT2D eigenvalue weighted by Crippen LogP contribution is 2.23. The molecule has 5 heteroatoms. The molecule has 0 spiro atoms. The van der Waals surface area contributed by atoms with Crippen molar-refractivity contribution in [2.45, 2.75) is 32.9 Å². The average molecular weight is 305 g/mol. The van der Waals surface area contributed by atoms with Crippen LogP contribution in [0.3, 0.4) is 0 Å². The van der Waals surface area contributed by atoms with Gasteiger partial charge in [0.05, 0.1) is 16.4 Å². The molecular weight excluding hydrogens is 288 g/mol. The van der Waals surface area contributed by atoms with E-state index < -0.39 is 0 Å². The van der Waals surface area contributed by atoms with Crippen molar-refractivity contribution in [1.82, 2.24) is 4.90 Å². The van der Waals surface area contributed by atoms with E-state index in [-0.39, 0.29) is 11.9 Å². The Morgan fingerprint density at radius 2 is 2.25 bits per heavy atom. The van der Waals surface area contributed by atoms with Crippen molar-refractivity contribution in [2.24, 2.45) is 5.73 Å². The van der Waals surface area contributed by atoms with Crippen LogP contribution in [0.1, 0.15) is 25.1 Å². The normalized spacial score (nSPS) is 12.5. The largest absolute Gasteiger partial charge is 0.336 e. The molecule has 2 N–H and O–H groups in total. The summed E-state index contributed by atoms with van der Waals surface area (Å²) in [6.45, 7) is 5.25. The summed E-state index contributed by atoms with van der Waals surface area (Å²) in [4.78, 5) is 14.9. The van der Waals surface area contributed by atoms with Gasteiger partial charge in [-0.3, -0.25) is 4.79 Å². The first kappa shape index (κ1) is 13.7. The Morgan fingerprint density at radius 1 is 1.56 bits per heavy atom. The van der Waals surface area contributed by atoms with E-state index in [2.05, 4.69) is 15.9 Å². The molecule has 0 fully saturated rings. The van der Waals surface area contributed by atoms with Gasteiger partial charge in [-0.1, -0.05) is 6.92 Å². The number of hydrogen-bond donors (Lipinski definition) is 1. The van der Waals surface area contributed by atoms with Crippen LogP contribution in [0.4, 0.5) is 0 Å².